The van der Waals surface area contributed by atoms with E-state index < -0.39 is 0 Å². The largest absolute Gasteiger partial charge is 0.508 e. The molecule has 0 bridgehead atoms. The van der Waals surface area contributed by atoms with E-state index in [0.717, 1.165) is 31.5 Å². The highest BCUT2D eigenvalue weighted by Crippen LogP contribution is 2.30. The lowest BCUT2D eigenvalue weighted by Crippen LogP contribution is -2.41. The van der Waals surface area contributed by atoms with Crippen LogP contribution in [0.5, 0.6) is 5.75 Å². The van der Waals surface area contributed by atoms with Crippen LogP contribution in [0.15, 0.2) is 18.2 Å². The molecule has 1 aliphatic heterocycles. The van der Waals surface area contributed by atoms with Crippen molar-refractivity contribution in [2.45, 2.75) is 33.6 Å². The standard InChI is InChI=1S/C15H21NO2/c1-11-10-12(17)4-5-13(11)14(18)16-8-6-15(2,3)7-9-16/h4-5,10,17H,6-9H2,1-3H3. The molecule has 3 nitrogen and oxygen atoms in total. The summed E-state index contributed by atoms with van der Waals surface area (Å²) in [6.45, 7) is 8.01. The number of aromatic hydroxyl groups is 1. The molecule has 1 fully saturated rings. The zero-order valence-corrected chi connectivity index (χ0v) is 11.4. The molecule has 1 N–H and O–H groups in total. The number of phenols is 1. The molecule has 1 amide bonds. The van der Waals surface area contributed by atoms with E-state index in [1.165, 1.54) is 0 Å². The van der Waals surface area contributed by atoms with Crippen molar-refractivity contribution in [3.05, 3.63) is 29.3 Å². The molecule has 1 saturated heterocycles. The summed E-state index contributed by atoms with van der Waals surface area (Å²) < 4.78 is 0. The van der Waals surface area contributed by atoms with Crippen LogP contribution in [0.4, 0.5) is 0 Å². The van der Waals surface area contributed by atoms with Gasteiger partial charge in [-0.05, 0) is 48.9 Å². The van der Waals surface area contributed by atoms with E-state index in [0.29, 0.717) is 11.0 Å². The van der Waals surface area contributed by atoms with Crippen molar-refractivity contribution >= 4 is 5.91 Å². The molecule has 0 aromatic heterocycles. The van der Waals surface area contributed by atoms with Gasteiger partial charge in [0, 0.05) is 18.7 Å². The molecule has 0 saturated carbocycles. The molecule has 0 spiro atoms. The van der Waals surface area contributed by atoms with Crippen molar-refractivity contribution in [2.24, 2.45) is 5.41 Å². The Bertz CT molecular complexity index is 456. The SMILES string of the molecule is Cc1cc(O)ccc1C(=O)N1CCC(C)(C)CC1. The Morgan fingerprint density at radius 3 is 2.44 bits per heavy atom. The number of piperidine rings is 1. The van der Waals surface area contributed by atoms with E-state index in [2.05, 4.69) is 13.8 Å². The minimum absolute atomic E-state index is 0.0861. The predicted octanol–water partition coefficient (Wildman–Crippen LogP) is 2.96. The van der Waals surface area contributed by atoms with Gasteiger partial charge in [-0.15, -0.1) is 0 Å². The van der Waals surface area contributed by atoms with E-state index in [1.807, 2.05) is 11.8 Å². The maximum absolute atomic E-state index is 12.4. The van der Waals surface area contributed by atoms with Gasteiger partial charge in [0.1, 0.15) is 5.75 Å². The summed E-state index contributed by atoms with van der Waals surface area (Å²) >= 11 is 0. The van der Waals surface area contributed by atoms with Crippen molar-refractivity contribution in [3.8, 4) is 5.75 Å². The minimum atomic E-state index is 0.0861. The molecule has 3 heteroatoms. The second-order valence-corrected chi connectivity index (χ2v) is 5.96. The zero-order valence-electron chi connectivity index (χ0n) is 11.4. The Hall–Kier alpha value is -1.51. The van der Waals surface area contributed by atoms with Gasteiger partial charge < -0.3 is 10.0 Å². The second-order valence-electron chi connectivity index (χ2n) is 5.96. The van der Waals surface area contributed by atoms with Gasteiger partial charge in [0.25, 0.3) is 5.91 Å². The number of carbonyl (C=O) groups is 1. The molecule has 0 unspecified atom stereocenters. The van der Waals surface area contributed by atoms with Gasteiger partial charge in [-0.25, -0.2) is 0 Å². The lowest BCUT2D eigenvalue weighted by molar-refractivity contribution is 0.0629. The second kappa shape index (κ2) is 4.63. The van der Waals surface area contributed by atoms with Crippen LogP contribution in [-0.2, 0) is 0 Å². The Morgan fingerprint density at radius 1 is 1.28 bits per heavy atom. The number of likely N-dealkylation sites (tertiary alicyclic amines) is 1. The maximum atomic E-state index is 12.4. The van der Waals surface area contributed by atoms with Crippen LogP contribution in [0.3, 0.4) is 0 Å². The van der Waals surface area contributed by atoms with Gasteiger partial charge in [-0.2, -0.15) is 0 Å². The molecule has 0 aliphatic carbocycles. The molecule has 1 heterocycles. The van der Waals surface area contributed by atoms with Crippen LogP contribution in [0, 0.1) is 12.3 Å². The smallest absolute Gasteiger partial charge is 0.254 e. The Kier molecular flexibility index (Phi) is 3.33. The van der Waals surface area contributed by atoms with Gasteiger partial charge in [-0.3, -0.25) is 4.79 Å². The van der Waals surface area contributed by atoms with Crippen molar-refractivity contribution in [1.29, 1.82) is 0 Å². The first-order valence-corrected chi connectivity index (χ1v) is 6.48. The van der Waals surface area contributed by atoms with Gasteiger partial charge >= 0.3 is 0 Å². The number of carbonyl (C=O) groups excluding carboxylic acids is 1. The average Bonchev–Trinajstić information content (AvgIpc) is 2.28. The van der Waals surface area contributed by atoms with Gasteiger partial charge in [0.15, 0.2) is 0 Å². The number of hydrogen-bond donors (Lipinski definition) is 1. The van der Waals surface area contributed by atoms with Gasteiger partial charge in [-0.1, -0.05) is 13.8 Å². The average molecular weight is 247 g/mol. The van der Waals surface area contributed by atoms with E-state index >= 15 is 0 Å². The Morgan fingerprint density at radius 2 is 1.89 bits per heavy atom. The number of phenolic OH excluding ortho intramolecular Hbond substituents is 1. The fraction of sp³-hybridized carbons (Fsp3) is 0.533. The maximum Gasteiger partial charge on any atom is 0.254 e. The molecule has 18 heavy (non-hydrogen) atoms. The van der Waals surface area contributed by atoms with Crippen LogP contribution < -0.4 is 0 Å². The third-order valence-corrected chi connectivity index (χ3v) is 3.84. The third kappa shape index (κ3) is 2.66. The van der Waals surface area contributed by atoms with Crippen LogP contribution in [0.25, 0.3) is 0 Å². The summed E-state index contributed by atoms with van der Waals surface area (Å²) in [5, 5.41) is 9.37. The normalized spacial score (nSPS) is 18.7. The van der Waals surface area contributed by atoms with Crippen molar-refractivity contribution in [2.75, 3.05) is 13.1 Å². The van der Waals surface area contributed by atoms with Crippen LogP contribution in [-0.4, -0.2) is 29.0 Å². The molecule has 1 aliphatic rings. The van der Waals surface area contributed by atoms with Crippen LogP contribution in [0.2, 0.25) is 0 Å². The number of rotatable bonds is 1. The first-order valence-electron chi connectivity index (χ1n) is 6.48. The quantitative estimate of drug-likeness (QED) is 0.828. The molecule has 1 aromatic carbocycles. The zero-order chi connectivity index (χ0) is 13.3. The number of nitrogens with zero attached hydrogens (tertiary/aromatic N) is 1. The van der Waals surface area contributed by atoms with Crippen molar-refractivity contribution in [1.82, 2.24) is 4.90 Å². The van der Waals surface area contributed by atoms with Gasteiger partial charge in [0.05, 0.1) is 0 Å². The van der Waals surface area contributed by atoms with Crippen LogP contribution >= 0.6 is 0 Å². The third-order valence-electron chi connectivity index (χ3n) is 3.84. The fourth-order valence-electron chi connectivity index (χ4n) is 2.37. The molecule has 0 radical (unpaired) electrons. The molecule has 1 aromatic rings. The number of hydrogen-bond acceptors (Lipinski definition) is 2. The summed E-state index contributed by atoms with van der Waals surface area (Å²) in [4.78, 5) is 14.3. The Labute approximate surface area is 108 Å². The fourth-order valence-corrected chi connectivity index (χ4v) is 2.37. The summed E-state index contributed by atoms with van der Waals surface area (Å²) in [6, 6.07) is 4.93. The van der Waals surface area contributed by atoms with Crippen molar-refractivity contribution in [3.63, 3.8) is 0 Å². The number of benzene rings is 1. The summed E-state index contributed by atoms with van der Waals surface area (Å²) in [7, 11) is 0. The summed E-state index contributed by atoms with van der Waals surface area (Å²) in [5.41, 5.74) is 1.89. The Balaban J connectivity index is 2.13. The highest BCUT2D eigenvalue weighted by molar-refractivity contribution is 5.95. The van der Waals surface area contributed by atoms with E-state index in [-0.39, 0.29) is 11.7 Å². The number of aryl methyl sites for hydroxylation is 1. The highest BCUT2D eigenvalue weighted by atomic mass is 16.3. The van der Waals surface area contributed by atoms with Gasteiger partial charge in [0.2, 0.25) is 0 Å². The molecule has 98 valence electrons. The van der Waals surface area contributed by atoms with Crippen molar-refractivity contribution < 1.29 is 9.90 Å². The molecular weight excluding hydrogens is 226 g/mol. The predicted molar refractivity (Wildman–Crippen MR) is 71.8 cm³/mol. The lowest BCUT2D eigenvalue weighted by atomic mass is 9.82. The molecule has 2 rings (SSSR count). The van der Waals surface area contributed by atoms with Crippen LogP contribution in [0.1, 0.15) is 42.6 Å². The first-order chi connectivity index (χ1) is 8.39. The topological polar surface area (TPSA) is 40.5 Å². The molecular formula is C15H21NO2. The first kappa shape index (κ1) is 12.9. The monoisotopic (exact) mass is 247 g/mol. The summed E-state index contributed by atoms with van der Waals surface area (Å²) in [6.07, 6.45) is 2.10. The van der Waals surface area contributed by atoms with E-state index in [1.54, 1.807) is 18.2 Å². The van der Waals surface area contributed by atoms with E-state index in [4.69, 9.17) is 0 Å². The lowest BCUT2D eigenvalue weighted by Gasteiger charge is -2.37. The highest BCUT2D eigenvalue weighted by Gasteiger charge is 2.28. The minimum Gasteiger partial charge on any atom is -0.508 e. The molecule has 0 atom stereocenters. The van der Waals surface area contributed by atoms with E-state index in [9.17, 15) is 9.90 Å². The number of amides is 1. The summed E-state index contributed by atoms with van der Waals surface area (Å²) in [5.74, 6) is 0.298.